The highest BCUT2D eigenvalue weighted by Gasteiger charge is 2.49. The van der Waals surface area contributed by atoms with Crippen LogP contribution in [-0.4, -0.2) is 35.6 Å². The summed E-state index contributed by atoms with van der Waals surface area (Å²) in [4.78, 5) is 38.3. The summed E-state index contributed by atoms with van der Waals surface area (Å²) in [6.07, 6.45) is 1.63. The second-order valence-corrected chi connectivity index (χ2v) is 8.57. The highest BCUT2D eigenvalue weighted by atomic mass is 16.3. The summed E-state index contributed by atoms with van der Waals surface area (Å²) >= 11 is 0. The van der Waals surface area contributed by atoms with Crippen LogP contribution in [0.3, 0.4) is 0 Å². The van der Waals surface area contributed by atoms with Crippen molar-refractivity contribution in [3.05, 3.63) is 58.0 Å². The number of aryl methyl sites for hydroxylation is 3. The lowest BCUT2D eigenvalue weighted by Gasteiger charge is -2.44. The van der Waals surface area contributed by atoms with Gasteiger partial charge in [0.15, 0.2) is 0 Å². The zero-order valence-electron chi connectivity index (χ0n) is 18.1. The summed E-state index contributed by atoms with van der Waals surface area (Å²) in [5.74, 6) is -0.137. The van der Waals surface area contributed by atoms with E-state index in [9.17, 15) is 14.5 Å². The number of nitrogens with one attached hydrogen (secondary N) is 2. The van der Waals surface area contributed by atoms with Crippen LogP contribution in [0.2, 0.25) is 0 Å². The minimum absolute atomic E-state index is 0.137. The number of piperidine rings is 1. The van der Waals surface area contributed by atoms with E-state index in [0.717, 1.165) is 28.1 Å². The SMILES string of the molecule is Cc1cc(C)c(NC(=O)N2NC(=O)CC23CCN(c2ccc(N=O)cc2)CC3)c(C)c1. The molecule has 2 heterocycles. The van der Waals surface area contributed by atoms with E-state index in [2.05, 4.69) is 20.8 Å². The number of urea groups is 1. The molecule has 3 amide bonds. The van der Waals surface area contributed by atoms with Crippen molar-refractivity contribution in [2.45, 2.75) is 45.6 Å². The molecular formula is C23H27N5O3. The molecular weight excluding hydrogens is 394 g/mol. The summed E-state index contributed by atoms with van der Waals surface area (Å²) < 4.78 is 0. The van der Waals surface area contributed by atoms with E-state index in [0.29, 0.717) is 38.0 Å². The average Bonchev–Trinajstić information content (AvgIpc) is 3.06. The van der Waals surface area contributed by atoms with Gasteiger partial charge in [-0.25, -0.2) is 9.80 Å². The molecule has 2 aromatic rings. The minimum Gasteiger partial charge on any atom is -0.371 e. The Balaban J connectivity index is 1.49. The minimum atomic E-state index is -0.547. The van der Waals surface area contributed by atoms with Crippen molar-refractivity contribution < 1.29 is 9.59 Å². The van der Waals surface area contributed by atoms with Crippen LogP contribution >= 0.6 is 0 Å². The van der Waals surface area contributed by atoms with Crippen LogP contribution in [0.4, 0.5) is 21.9 Å². The van der Waals surface area contributed by atoms with E-state index in [1.165, 1.54) is 5.01 Å². The molecule has 2 saturated heterocycles. The summed E-state index contributed by atoms with van der Waals surface area (Å²) in [5, 5.41) is 7.46. The molecule has 8 nitrogen and oxygen atoms in total. The first-order valence-electron chi connectivity index (χ1n) is 10.5. The molecule has 0 aliphatic carbocycles. The maximum absolute atomic E-state index is 13.2. The number of nitroso groups, excluding NO2 is 1. The summed E-state index contributed by atoms with van der Waals surface area (Å²) in [6, 6.07) is 10.9. The van der Waals surface area contributed by atoms with E-state index in [-0.39, 0.29) is 11.9 Å². The van der Waals surface area contributed by atoms with E-state index in [4.69, 9.17) is 0 Å². The number of hydrazine groups is 1. The third-order valence-electron chi connectivity index (χ3n) is 6.33. The fourth-order valence-corrected chi connectivity index (χ4v) is 4.77. The molecule has 0 atom stereocenters. The molecule has 8 heteroatoms. The molecule has 0 aromatic heterocycles. The quantitative estimate of drug-likeness (QED) is 0.722. The highest BCUT2D eigenvalue weighted by molar-refractivity contribution is 5.95. The molecule has 2 aromatic carbocycles. The van der Waals surface area contributed by atoms with Gasteiger partial charge in [-0.15, -0.1) is 4.91 Å². The number of carbonyl (C=O) groups is 2. The lowest BCUT2D eigenvalue weighted by molar-refractivity contribution is -0.120. The van der Waals surface area contributed by atoms with Crippen molar-refractivity contribution >= 4 is 29.0 Å². The van der Waals surface area contributed by atoms with Gasteiger partial charge in [0.1, 0.15) is 5.69 Å². The van der Waals surface area contributed by atoms with Crippen molar-refractivity contribution in [1.29, 1.82) is 0 Å². The standard InChI is InChI=1S/C23H27N5O3/c1-15-12-16(2)21(17(3)13-15)24-22(30)28-23(14-20(29)25-28)8-10-27(11-9-23)19-6-4-18(26-31)5-7-19/h4-7,12-13H,8-11,14H2,1-3H3,(H,24,30)(H,25,29). The third-order valence-corrected chi connectivity index (χ3v) is 6.33. The zero-order valence-corrected chi connectivity index (χ0v) is 18.1. The zero-order chi connectivity index (χ0) is 22.2. The Bertz CT molecular complexity index is 1000. The molecule has 2 aliphatic heterocycles. The summed E-state index contributed by atoms with van der Waals surface area (Å²) in [6.45, 7) is 7.37. The van der Waals surface area contributed by atoms with Crippen molar-refractivity contribution in [1.82, 2.24) is 10.4 Å². The molecule has 162 valence electrons. The second kappa shape index (κ2) is 8.02. The van der Waals surface area contributed by atoms with Crippen LogP contribution in [0.25, 0.3) is 0 Å². The predicted molar refractivity (Wildman–Crippen MR) is 120 cm³/mol. The molecule has 0 saturated carbocycles. The van der Waals surface area contributed by atoms with Crippen molar-refractivity contribution in [3.63, 3.8) is 0 Å². The Morgan fingerprint density at radius 3 is 2.26 bits per heavy atom. The van der Waals surface area contributed by atoms with Gasteiger partial charge in [-0.05, 0) is 74.2 Å². The van der Waals surface area contributed by atoms with Gasteiger partial charge in [0, 0.05) is 24.5 Å². The van der Waals surface area contributed by atoms with Crippen LogP contribution in [0.1, 0.15) is 36.0 Å². The lowest BCUT2D eigenvalue weighted by Crippen LogP contribution is -2.58. The van der Waals surface area contributed by atoms with Gasteiger partial charge < -0.3 is 10.2 Å². The first kappa shape index (κ1) is 20.8. The van der Waals surface area contributed by atoms with Crippen LogP contribution in [-0.2, 0) is 4.79 Å². The Morgan fingerprint density at radius 1 is 1.06 bits per heavy atom. The number of nitrogens with zero attached hydrogens (tertiary/aromatic N) is 3. The average molecular weight is 422 g/mol. The molecule has 0 unspecified atom stereocenters. The predicted octanol–water partition coefficient (Wildman–Crippen LogP) is 4.32. The van der Waals surface area contributed by atoms with Gasteiger partial charge in [-0.3, -0.25) is 10.2 Å². The Hall–Kier alpha value is -3.42. The van der Waals surface area contributed by atoms with Crippen LogP contribution < -0.4 is 15.6 Å². The van der Waals surface area contributed by atoms with Crippen LogP contribution in [0.15, 0.2) is 41.6 Å². The number of carbonyl (C=O) groups excluding carboxylic acids is 2. The molecule has 31 heavy (non-hydrogen) atoms. The Labute approximate surface area is 181 Å². The first-order chi connectivity index (χ1) is 14.8. The maximum Gasteiger partial charge on any atom is 0.341 e. The lowest BCUT2D eigenvalue weighted by atomic mass is 9.84. The Kier molecular flexibility index (Phi) is 5.39. The number of benzene rings is 2. The highest BCUT2D eigenvalue weighted by Crippen LogP contribution is 2.37. The largest absolute Gasteiger partial charge is 0.371 e. The molecule has 2 aliphatic rings. The van der Waals surface area contributed by atoms with Crippen LogP contribution in [0.5, 0.6) is 0 Å². The van der Waals surface area contributed by atoms with Gasteiger partial charge in [-0.2, -0.15) is 0 Å². The second-order valence-electron chi connectivity index (χ2n) is 8.57. The van der Waals surface area contributed by atoms with Crippen molar-refractivity contribution in [2.24, 2.45) is 5.18 Å². The number of anilines is 2. The number of amides is 3. The van der Waals surface area contributed by atoms with E-state index in [1.54, 1.807) is 12.1 Å². The number of rotatable bonds is 3. The van der Waals surface area contributed by atoms with E-state index < -0.39 is 5.54 Å². The van der Waals surface area contributed by atoms with Crippen LogP contribution in [0, 0.1) is 25.7 Å². The Morgan fingerprint density at radius 2 is 1.68 bits per heavy atom. The van der Waals surface area contributed by atoms with Gasteiger partial charge >= 0.3 is 6.03 Å². The van der Waals surface area contributed by atoms with Gasteiger partial charge in [-0.1, -0.05) is 17.7 Å². The molecule has 2 N–H and O–H groups in total. The maximum atomic E-state index is 13.2. The molecule has 4 rings (SSSR count). The summed E-state index contributed by atoms with van der Waals surface area (Å²) in [7, 11) is 0. The third kappa shape index (κ3) is 3.97. The van der Waals surface area contributed by atoms with Gasteiger partial charge in [0.05, 0.1) is 12.0 Å². The normalized spacial score (nSPS) is 17.6. The van der Waals surface area contributed by atoms with Crippen molar-refractivity contribution in [3.8, 4) is 0 Å². The van der Waals surface area contributed by atoms with Gasteiger partial charge in [0.2, 0.25) is 5.91 Å². The molecule has 0 bridgehead atoms. The topological polar surface area (TPSA) is 94.1 Å². The van der Waals surface area contributed by atoms with E-state index in [1.807, 2.05) is 45.0 Å². The monoisotopic (exact) mass is 421 g/mol. The number of hydrogen-bond acceptors (Lipinski definition) is 5. The molecule has 2 fully saturated rings. The fraction of sp³-hybridized carbons (Fsp3) is 0.391. The van der Waals surface area contributed by atoms with E-state index >= 15 is 0 Å². The number of hydrogen-bond donors (Lipinski definition) is 2. The summed E-state index contributed by atoms with van der Waals surface area (Å²) in [5.41, 5.74) is 7.54. The molecule has 1 spiro atoms. The van der Waals surface area contributed by atoms with Crippen molar-refractivity contribution in [2.75, 3.05) is 23.3 Å². The fourth-order valence-electron chi connectivity index (χ4n) is 4.77. The molecule has 0 radical (unpaired) electrons. The smallest absolute Gasteiger partial charge is 0.341 e. The first-order valence-corrected chi connectivity index (χ1v) is 10.5. The van der Waals surface area contributed by atoms with Gasteiger partial charge in [0.25, 0.3) is 0 Å².